The first kappa shape index (κ1) is 12.9. The van der Waals surface area contributed by atoms with Gasteiger partial charge in [0.15, 0.2) is 0 Å². The molecule has 0 N–H and O–H groups in total. The van der Waals surface area contributed by atoms with Crippen molar-refractivity contribution in [3.05, 3.63) is 89.7 Å². The van der Waals surface area contributed by atoms with Crippen LogP contribution in [0.3, 0.4) is 0 Å². The second kappa shape index (κ2) is 5.19. The van der Waals surface area contributed by atoms with E-state index in [2.05, 4.69) is 22.9 Å². The van der Waals surface area contributed by atoms with E-state index >= 15 is 0 Å². The molecular formula is C19H16N2O. The summed E-state index contributed by atoms with van der Waals surface area (Å²) in [6, 6.07) is 21.7. The molecule has 0 unspecified atom stereocenters. The maximum atomic E-state index is 13.0. The summed E-state index contributed by atoms with van der Waals surface area (Å²) in [4.78, 5) is 14.8. The Morgan fingerprint density at radius 2 is 1.59 bits per heavy atom. The van der Waals surface area contributed by atoms with Gasteiger partial charge in [0.1, 0.15) is 0 Å². The van der Waals surface area contributed by atoms with E-state index in [1.807, 2.05) is 59.5 Å². The van der Waals surface area contributed by atoms with Crippen molar-refractivity contribution >= 4 is 11.6 Å². The molecule has 3 nitrogen and oxygen atoms in total. The summed E-state index contributed by atoms with van der Waals surface area (Å²) in [5.41, 5.74) is 4.04. The number of amides is 1. The molecule has 2 aromatic carbocycles. The van der Waals surface area contributed by atoms with Gasteiger partial charge in [-0.2, -0.15) is 0 Å². The topological polar surface area (TPSA) is 25.2 Å². The van der Waals surface area contributed by atoms with Crippen LogP contribution in [0, 0.1) is 0 Å². The predicted molar refractivity (Wildman–Crippen MR) is 86.9 cm³/mol. The SMILES string of the molecule is O=C(c1ccccc1)N1Cc2cccn2Cc2ccccc21. The molecule has 108 valence electrons. The lowest BCUT2D eigenvalue weighted by Crippen LogP contribution is -2.30. The maximum absolute atomic E-state index is 13.0. The second-order valence-electron chi connectivity index (χ2n) is 5.51. The van der Waals surface area contributed by atoms with Crippen molar-refractivity contribution in [3.63, 3.8) is 0 Å². The molecule has 0 fully saturated rings. The van der Waals surface area contributed by atoms with Crippen molar-refractivity contribution in [3.8, 4) is 0 Å². The largest absolute Gasteiger partial charge is 0.345 e. The number of nitrogens with zero attached hydrogens (tertiary/aromatic N) is 2. The van der Waals surface area contributed by atoms with E-state index in [1.54, 1.807) is 0 Å². The number of para-hydroxylation sites is 1. The summed E-state index contributed by atoms with van der Waals surface area (Å²) in [5.74, 6) is 0.0442. The summed E-state index contributed by atoms with van der Waals surface area (Å²) in [6.07, 6.45) is 2.07. The van der Waals surface area contributed by atoms with Crippen molar-refractivity contribution in [1.82, 2.24) is 4.57 Å². The van der Waals surface area contributed by atoms with E-state index in [-0.39, 0.29) is 5.91 Å². The van der Waals surface area contributed by atoms with Gasteiger partial charge in [0.25, 0.3) is 5.91 Å². The molecule has 1 amide bonds. The Balaban J connectivity index is 1.83. The number of carbonyl (C=O) groups excluding carboxylic acids is 1. The highest BCUT2D eigenvalue weighted by molar-refractivity contribution is 6.06. The van der Waals surface area contributed by atoms with Gasteiger partial charge in [-0.3, -0.25) is 4.79 Å². The van der Waals surface area contributed by atoms with E-state index in [0.717, 1.165) is 23.5 Å². The van der Waals surface area contributed by atoms with Crippen molar-refractivity contribution in [2.45, 2.75) is 13.1 Å². The quantitative estimate of drug-likeness (QED) is 0.670. The summed E-state index contributed by atoms with van der Waals surface area (Å²) in [6.45, 7) is 1.40. The molecule has 0 saturated heterocycles. The molecule has 1 aliphatic heterocycles. The van der Waals surface area contributed by atoms with Gasteiger partial charge in [-0.15, -0.1) is 0 Å². The molecule has 1 aliphatic rings. The van der Waals surface area contributed by atoms with Crippen LogP contribution in [0.2, 0.25) is 0 Å². The fourth-order valence-corrected chi connectivity index (χ4v) is 3.00. The maximum Gasteiger partial charge on any atom is 0.258 e. The van der Waals surface area contributed by atoms with Crippen molar-refractivity contribution in [2.24, 2.45) is 0 Å². The normalized spacial score (nSPS) is 13.2. The van der Waals surface area contributed by atoms with Crippen LogP contribution >= 0.6 is 0 Å². The molecular weight excluding hydrogens is 272 g/mol. The highest BCUT2D eigenvalue weighted by Gasteiger charge is 2.24. The molecule has 4 rings (SSSR count). The minimum Gasteiger partial charge on any atom is -0.345 e. The fraction of sp³-hybridized carbons (Fsp3) is 0.105. The second-order valence-corrected chi connectivity index (χ2v) is 5.51. The Bertz CT molecular complexity index is 820. The minimum atomic E-state index is 0.0442. The van der Waals surface area contributed by atoms with Gasteiger partial charge in [0.2, 0.25) is 0 Å². The summed E-state index contributed by atoms with van der Waals surface area (Å²) in [7, 11) is 0. The third-order valence-corrected chi connectivity index (χ3v) is 4.13. The monoisotopic (exact) mass is 288 g/mol. The lowest BCUT2D eigenvalue weighted by Gasteiger charge is -2.22. The van der Waals surface area contributed by atoms with Gasteiger partial charge in [0.05, 0.1) is 6.54 Å². The number of rotatable bonds is 1. The standard InChI is InChI=1S/C19H16N2O/c22-19(15-7-2-1-3-8-15)21-14-17-10-6-12-20(17)13-16-9-4-5-11-18(16)21/h1-12H,13-14H2. The molecule has 0 saturated carbocycles. The number of aromatic nitrogens is 1. The molecule has 3 aromatic rings. The smallest absolute Gasteiger partial charge is 0.258 e. The van der Waals surface area contributed by atoms with Crippen LogP contribution in [0.15, 0.2) is 72.9 Å². The van der Waals surface area contributed by atoms with E-state index in [1.165, 1.54) is 5.56 Å². The zero-order valence-electron chi connectivity index (χ0n) is 12.1. The highest BCUT2D eigenvalue weighted by atomic mass is 16.2. The fourth-order valence-electron chi connectivity index (χ4n) is 3.00. The van der Waals surface area contributed by atoms with Crippen molar-refractivity contribution < 1.29 is 4.79 Å². The minimum absolute atomic E-state index is 0.0442. The molecule has 0 bridgehead atoms. The number of fused-ring (bicyclic) bond motifs is 2. The van der Waals surface area contributed by atoms with E-state index in [4.69, 9.17) is 0 Å². The first-order valence-electron chi connectivity index (χ1n) is 7.42. The van der Waals surface area contributed by atoms with Gasteiger partial charge >= 0.3 is 0 Å². The van der Waals surface area contributed by atoms with Gasteiger partial charge in [0, 0.05) is 29.7 Å². The predicted octanol–water partition coefficient (Wildman–Crippen LogP) is 3.70. The summed E-state index contributed by atoms with van der Waals surface area (Å²) in [5, 5.41) is 0. The Kier molecular flexibility index (Phi) is 3.04. The highest BCUT2D eigenvalue weighted by Crippen LogP contribution is 2.28. The van der Waals surface area contributed by atoms with E-state index in [9.17, 15) is 4.79 Å². The first-order valence-corrected chi connectivity index (χ1v) is 7.42. The molecule has 0 spiro atoms. The Morgan fingerprint density at radius 1 is 0.818 bits per heavy atom. The molecule has 0 radical (unpaired) electrons. The average molecular weight is 288 g/mol. The number of anilines is 1. The molecule has 2 heterocycles. The average Bonchev–Trinajstić information content (AvgIpc) is 2.94. The number of carbonyl (C=O) groups is 1. The number of benzene rings is 2. The summed E-state index contributed by atoms with van der Waals surface area (Å²) >= 11 is 0. The van der Waals surface area contributed by atoms with E-state index in [0.29, 0.717) is 6.54 Å². The van der Waals surface area contributed by atoms with Crippen LogP contribution in [0.4, 0.5) is 5.69 Å². The van der Waals surface area contributed by atoms with Crippen LogP contribution in [-0.2, 0) is 13.1 Å². The molecule has 1 aromatic heterocycles. The summed E-state index contributed by atoms with van der Waals surface area (Å²) < 4.78 is 2.21. The van der Waals surface area contributed by atoms with Gasteiger partial charge in [-0.1, -0.05) is 36.4 Å². The van der Waals surface area contributed by atoms with Crippen molar-refractivity contribution in [1.29, 1.82) is 0 Å². The zero-order chi connectivity index (χ0) is 14.9. The Hall–Kier alpha value is -2.81. The first-order chi connectivity index (χ1) is 10.8. The van der Waals surface area contributed by atoms with Crippen LogP contribution < -0.4 is 4.90 Å². The van der Waals surface area contributed by atoms with Gasteiger partial charge in [-0.25, -0.2) is 0 Å². The van der Waals surface area contributed by atoms with Crippen LogP contribution in [0.25, 0.3) is 0 Å². The Labute approximate surface area is 129 Å². The lowest BCUT2D eigenvalue weighted by atomic mass is 10.1. The van der Waals surface area contributed by atoms with Crippen LogP contribution in [0.1, 0.15) is 21.6 Å². The third-order valence-electron chi connectivity index (χ3n) is 4.13. The molecule has 3 heteroatoms. The molecule has 0 aliphatic carbocycles. The molecule has 0 atom stereocenters. The van der Waals surface area contributed by atoms with Gasteiger partial charge in [-0.05, 0) is 35.9 Å². The zero-order valence-corrected chi connectivity index (χ0v) is 12.1. The van der Waals surface area contributed by atoms with E-state index < -0.39 is 0 Å². The lowest BCUT2D eigenvalue weighted by molar-refractivity contribution is 0.0985. The van der Waals surface area contributed by atoms with Crippen molar-refractivity contribution in [2.75, 3.05) is 4.90 Å². The Morgan fingerprint density at radius 3 is 2.45 bits per heavy atom. The molecule has 22 heavy (non-hydrogen) atoms. The number of hydrogen-bond acceptors (Lipinski definition) is 1. The third kappa shape index (κ3) is 2.11. The van der Waals surface area contributed by atoms with Gasteiger partial charge < -0.3 is 9.47 Å². The van der Waals surface area contributed by atoms with Crippen LogP contribution in [-0.4, -0.2) is 10.5 Å². The number of hydrogen-bond donors (Lipinski definition) is 0. The van der Waals surface area contributed by atoms with Crippen LogP contribution in [0.5, 0.6) is 0 Å².